The lowest BCUT2D eigenvalue weighted by Gasteiger charge is -2.13. The number of anilines is 1. The number of hydrogen-bond donors (Lipinski definition) is 1. The lowest BCUT2D eigenvalue weighted by molar-refractivity contribution is 0.0845. The van der Waals surface area contributed by atoms with Crippen molar-refractivity contribution in [2.24, 2.45) is 0 Å². The van der Waals surface area contributed by atoms with Gasteiger partial charge in [0, 0.05) is 11.3 Å². The molecule has 0 amide bonds. The zero-order valence-corrected chi connectivity index (χ0v) is 10.4. The summed E-state index contributed by atoms with van der Waals surface area (Å²) >= 11 is 5.30. The Balaban J connectivity index is 2.51. The zero-order valence-electron chi connectivity index (χ0n) is 8.47. The van der Waals surface area contributed by atoms with Crippen molar-refractivity contribution >= 4 is 26.5 Å². The van der Waals surface area contributed by atoms with E-state index in [2.05, 4.69) is 0 Å². The molecule has 0 heterocycles. The third-order valence-corrected chi connectivity index (χ3v) is 2.13. The van der Waals surface area contributed by atoms with E-state index >= 15 is 0 Å². The summed E-state index contributed by atoms with van der Waals surface area (Å²) in [7, 11) is 1.86. The highest BCUT2D eigenvalue weighted by Gasteiger charge is 2.18. The van der Waals surface area contributed by atoms with E-state index in [0.29, 0.717) is 5.69 Å². The first-order valence-electron chi connectivity index (χ1n) is 4.48. The molecule has 0 aromatic heterocycles. The van der Waals surface area contributed by atoms with E-state index in [0.717, 1.165) is 11.1 Å². The van der Waals surface area contributed by atoms with Crippen molar-refractivity contribution in [2.45, 2.75) is 18.4 Å². The molecule has 2 N–H and O–H groups in total. The van der Waals surface area contributed by atoms with E-state index in [9.17, 15) is 4.39 Å². The first kappa shape index (κ1) is 12.7. The van der Waals surface area contributed by atoms with Crippen LogP contribution in [0.5, 0.6) is 0 Å². The summed E-state index contributed by atoms with van der Waals surface area (Å²) < 4.78 is 17.9. The van der Waals surface area contributed by atoms with Crippen molar-refractivity contribution in [1.29, 1.82) is 0 Å². The van der Waals surface area contributed by atoms with Crippen LogP contribution in [0.25, 0.3) is 0 Å². The molecular formula is C10H14ClFNOP. The molecule has 1 rings (SSSR count). The summed E-state index contributed by atoms with van der Waals surface area (Å²) in [5, 5.41) is 0. The number of nitrogens with two attached hydrogens (primary N) is 1. The van der Waals surface area contributed by atoms with Gasteiger partial charge in [0.15, 0.2) is 0 Å². The number of hydrogen-bond acceptors (Lipinski definition) is 2. The number of alkyl halides is 2. The topological polar surface area (TPSA) is 35.2 Å². The third-order valence-electron chi connectivity index (χ3n) is 1.85. The first-order valence-corrected chi connectivity index (χ1v) is 5.43. The molecule has 5 heteroatoms. The average molecular weight is 250 g/mol. The van der Waals surface area contributed by atoms with Crippen molar-refractivity contribution in [3.05, 3.63) is 29.3 Å². The number of benzene rings is 1. The van der Waals surface area contributed by atoms with E-state index < -0.39 is 4.87 Å². The Morgan fingerprint density at radius 3 is 2.80 bits per heavy atom. The normalized spacial score (nSPS) is 14.9. The molecular weight excluding hydrogens is 236 g/mol. The molecule has 0 aliphatic carbocycles. The largest absolute Gasteiger partial charge is 0.398 e. The van der Waals surface area contributed by atoms with Gasteiger partial charge in [0.2, 0.25) is 4.87 Å². The smallest absolute Gasteiger partial charge is 0.218 e. The molecule has 0 radical (unpaired) electrons. The number of rotatable bonds is 4. The highest BCUT2D eigenvalue weighted by atomic mass is 35.5. The van der Waals surface area contributed by atoms with Gasteiger partial charge in [0.25, 0.3) is 0 Å². The van der Waals surface area contributed by atoms with Gasteiger partial charge in [-0.05, 0) is 18.6 Å². The zero-order chi connectivity index (χ0) is 11.5. The van der Waals surface area contributed by atoms with Crippen LogP contribution < -0.4 is 5.73 Å². The Morgan fingerprint density at radius 1 is 1.60 bits per heavy atom. The first-order chi connectivity index (χ1) is 6.88. The summed E-state index contributed by atoms with van der Waals surface area (Å²) in [6, 6.07) is 5.64. The molecule has 0 bridgehead atoms. The minimum atomic E-state index is -1.90. The van der Waals surface area contributed by atoms with Crippen LogP contribution in [-0.4, -0.2) is 11.5 Å². The highest BCUT2D eigenvalue weighted by molar-refractivity contribution is 7.22. The number of halogens is 2. The molecule has 0 saturated heterocycles. The Morgan fingerprint density at radius 2 is 2.27 bits per heavy atom. The maximum Gasteiger partial charge on any atom is 0.218 e. The van der Waals surface area contributed by atoms with Crippen molar-refractivity contribution in [2.75, 3.05) is 12.3 Å². The van der Waals surface area contributed by atoms with E-state index in [1.165, 1.54) is 0 Å². The van der Waals surface area contributed by atoms with Crippen LogP contribution in [0, 0.1) is 6.92 Å². The Kier molecular flexibility index (Phi) is 4.32. The summed E-state index contributed by atoms with van der Waals surface area (Å²) in [5.74, 6) is 0. The fraction of sp³-hybridized carbons (Fsp3) is 0.400. The molecule has 15 heavy (non-hydrogen) atoms. The van der Waals surface area contributed by atoms with Gasteiger partial charge in [0.1, 0.15) is 0 Å². The fourth-order valence-electron chi connectivity index (χ4n) is 1.14. The maximum atomic E-state index is 12.8. The van der Waals surface area contributed by atoms with Crippen LogP contribution in [0.2, 0.25) is 0 Å². The van der Waals surface area contributed by atoms with Crippen molar-refractivity contribution in [1.82, 2.24) is 0 Å². The summed E-state index contributed by atoms with van der Waals surface area (Å²) in [5.41, 5.74) is 8.33. The second-order valence-electron chi connectivity index (χ2n) is 3.46. The predicted molar refractivity (Wildman–Crippen MR) is 64.6 cm³/mol. The second kappa shape index (κ2) is 5.11. The third kappa shape index (κ3) is 4.78. The second-order valence-corrected chi connectivity index (χ2v) is 5.37. The highest BCUT2D eigenvalue weighted by Crippen LogP contribution is 2.26. The summed E-state index contributed by atoms with van der Waals surface area (Å²) in [6.45, 7) is 2.03. The van der Waals surface area contributed by atoms with Crippen molar-refractivity contribution < 1.29 is 9.13 Å². The van der Waals surface area contributed by atoms with Crippen molar-refractivity contribution in [3.8, 4) is 0 Å². The molecule has 2 atom stereocenters. The number of aryl methyl sites for hydroxylation is 1. The fourth-order valence-corrected chi connectivity index (χ4v) is 1.34. The molecule has 0 spiro atoms. The monoisotopic (exact) mass is 249 g/mol. The van der Waals surface area contributed by atoms with Crippen molar-refractivity contribution in [3.63, 3.8) is 0 Å². The average Bonchev–Trinajstić information content (AvgIpc) is 2.07. The lowest BCUT2D eigenvalue weighted by Crippen LogP contribution is -2.13. The molecule has 84 valence electrons. The van der Waals surface area contributed by atoms with E-state index in [-0.39, 0.29) is 13.2 Å². The SMILES string of the molecule is Cc1ccc(COCC(F)(P)Cl)c(N)c1. The summed E-state index contributed by atoms with van der Waals surface area (Å²) in [6.07, 6.45) is 0. The molecule has 1 aromatic carbocycles. The van der Waals surface area contributed by atoms with Gasteiger partial charge in [-0.1, -0.05) is 33.0 Å². The van der Waals surface area contributed by atoms with E-state index in [4.69, 9.17) is 22.1 Å². The van der Waals surface area contributed by atoms with Crippen LogP contribution in [0.15, 0.2) is 18.2 Å². The number of nitrogen functional groups attached to an aromatic ring is 1. The Bertz CT molecular complexity index is 341. The van der Waals surface area contributed by atoms with Gasteiger partial charge in [-0.3, -0.25) is 0 Å². The standard InChI is InChI=1S/C10H14ClFNOP/c1-7-2-3-8(9(13)4-7)5-14-6-10(11,12)15/h2-4H,5-6,13,15H2,1H3. The maximum absolute atomic E-state index is 12.8. The Labute approximate surface area is 96.1 Å². The Hall–Kier alpha value is -0.370. The minimum Gasteiger partial charge on any atom is -0.398 e. The van der Waals surface area contributed by atoms with Crippen LogP contribution in [0.3, 0.4) is 0 Å². The van der Waals surface area contributed by atoms with E-state index in [1.54, 1.807) is 0 Å². The van der Waals surface area contributed by atoms with Gasteiger partial charge in [0.05, 0.1) is 13.2 Å². The molecule has 1 aromatic rings. The van der Waals surface area contributed by atoms with Gasteiger partial charge >= 0.3 is 0 Å². The number of ether oxygens (including phenoxy) is 1. The van der Waals surface area contributed by atoms with E-state index in [1.807, 2.05) is 34.4 Å². The van der Waals surface area contributed by atoms with Crippen LogP contribution in [-0.2, 0) is 11.3 Å². The van der Waals surface area contributed by atoms with Gasteiger partial charge in [-0.2, -0.15) is 0 Å². The minimum absolute atomic E-state index is 0.188. The molecule has 2 unspecified atom stereocenters. The van der Waals surface area contributed by atoms with Crippen LogP contribution in [0.4, 0.5) is 10.1 Å². The van der Waals surface area contributed by atoms with Gasteiger partial charge < -0.3 is 10.5 Å². The van der Waals surface area contributed by atoms with Crippen LogP contribution >= 0.6 is 20.8 Å². The quantitative estimate of drug-likeness (QED) is 0.506. The predicted octanol–water partition coefficient (Wildman–Crippen LogP) is 2.83. The van der Waals surface area contributed by atoms with Gasteiger partial charge in [-0.15, -0.1) is 0 Å². The summed E-state index contributed by atoms with van der Waals surface area (Å²) in [4.78, 5) is -1.90. The molecule has 0 aliphatic heterocycles. The van der Waals surface area contributed by atoms with Gasteiger partial charge in [-0.25, -0.2) is 4.39 Å². The molecule has 0 fully saturated rings. The molecule has 0 aliphatic rings. The molecule has 2 nitrogen and oxygen atoms in total. The lowest BCUT2D eigenvalue weighted by atomic mass is 10.1. The molecule has 0 saturated carbocycles. The van der Waals surface area contributed by atoms with Crippen LogP contribution in [0.1, 0.15) is 11.1 Å².